The van der Waals surface area contributed by atoms with E-state index < -0.39 is 0 Å². The van der Waals surface area contributed by atoms with Crippen LogP contribution in [0.25, 0.3) is 0 Å². The maximum Gasteiger partial charge on any atom is 0.302 e. The van der Waals surface area contributed by atoms with Gasteiger partial charge >= 0.3 is 11.9 Å². The zero-order valence-electron chi connectivity index (χ0n) is 8.32. The van der Waals surface area contributed by atoms with Gasteiger partial charge in [-0.15, -0.1) is 0 Å². The largest absolute Gasteiger partial charge is 0.463 e. The van der Waals surface area contributed by atoms with E-state index in [4.69, 9.17) is 14.2 Å². The number of esters is 2. The molecule has 0 aliphatic carbocycles. The fraction of sp³-hybridized carbons (Fsp3) is 0.778. The number of rotatable bonds is 3. The minimum atomic E-state index is -0.329. The van der Waals surface area contributed by atoms with Gasteiger partial charge in [0.2, 0.25) is 0 Å². The van der Waals surface area contributed by atoms with E-state index in [2.05, 4.69) is 0 Å². The number of carbonyl (C=O) groups is 2. The zero-order valence-corrected chi connectivity index (χ0v) is 8.32. The second-order valence-corrected chi connectivity index (χ2v) is 3.23. The molecule has 1 aliphatic rings. The van der Waals surface area contributed by atoms with Crippen molar-refractivity contribution in [2.45, 2.75) is 32.5 Å². The van der Waals surface area contributed by atoms with Gasteiger partial charge in [-0.2, -0.15) is 0 Å². The lowest BCUT2D eigenvalue weighted by Gasteiger charge is -2.09. The number of carbonyl (C=O) groups excluding carboxylic acids is 2. The summed E-state index contributed by atoms with van der Waals surface area (Å²) < 4.78 is 15.0. The quantitative estimate of drug-likeness (QED) is 0.615. The standard InChI is InChI=1S/C9H14O5/c1-6(10)12-4-8-3-9(5-13-8)14-7(2)11/h8-9H,3-5H2,1-2H3. The summed E-state index contributed by atoms with van der Waals surface area (Å²) in [6.07, 6.45) is 0.239. The summed E-state index contributed by atoms with van der Waals surface area (Å²) in [5, 5.41) is 0. The summed E-state index contributed by atoms with van der Waals surface area (Å²) in [7, 11) is 0. The maximum atomic E-state index is 10.6. The summed E-state index contributed by atoms with van der Waals surface area (Å²) in [6, 6.07) is 0. The Morgan fingerprint density at radius 3 is 2.64 bits per heavy atom. The van der Waals surface area contributed by atoms with Crippen LogP contribution in [0.2, 0.25) is 0 Å². The molecule has 0 aromatic carbocycles. The highest BCUT2D eigenvalue weighted by atomic mass is 16.6. The SMILES string of the molecule is CC(=O)OCC1CC(OC(C)=O)CO1. The Morgan fingerprint density at radius 2 is 2.07 bits per heavy atom. The van der Waals surface area contributed by atoms with E-state index in [0.29, 0.717) is 13.0 Å². The molecule has 0 spiro atoms. The van der Waals surface area contributed by atoms with Crippen LogP contribution >= 0.6 is 0 Å². The van der Waals surface area contributed by atoms with Gasteiger partial charge in [0.1, 0.15) is 12.7 Å². The maximum absolute atomic E-state index is 10.6. The van der Waals surface area contributed by atoms with Crippen molar-refractivity contribution in [1.29, 1.82) is 0 Å². The van der Waals surface area contributed by atoms with Crippen LogP contribution in [-0.2, 0) is 23.8 Å². The molecule has 14 heavy (non-hydrogen) atoms. The molecule has 1 aliphatic heterocycles. The molecule has 1 saturated heterocycles. The van der Waals surface area contributed by atoms with Crippen molar-refractivity contribution in [3.8, 4) is 0 Å². The fourth-order valence-corrected chi connectivity index (χ4v) is 1.32. The number of hydrogen-bond donors (Lipinski definition) is 0. The predicted molar refractivity (Wildman–Crippen MR) is 46.5 cm³/mol. The first-order valence-electron chi connectivity index (χ1n) is 4.50. The monoisotopic (exact) mass is 202 g/mol. The van der Waals surface area contributed by atoms with E-state index in [9.17, 15) is 9.59 Å². The molecule has 2 atom stereocenters. The summed E-state index contributed by atoms with van der Waals surface area (Å²) >= 11 is 0. The first-order chi connectivity index (χ1) is 6.58. The topological polar surface area (TPSA) is 61.8 Å². The third kappa shape index (κ3) is 3.74. The highest BCUT2D eigenvalue weighted by Crippen LogP contribution is 2.16. The summed E-state index contributed by atoms with van der Waals surface area (Å²) in [4.78, 5) is 21.1. The van der Waals surface area contributed by atoms with E-state index in [-0.39, 0.29) is 30.8 Å². The van der Waals surface area contributed by atoms with Crippen LogP contribution in [0.15, 0.2) is 0 Å². The van der Waals surface area contributed by atoms with Crippen molar-refractivity contribution in [1.82, 2.24) is 0 Å². The highest BCUT2D eigenvalue weighted by Gasteiger charge is 2.28. The molecule has 0 N–H and O–H groups in total. The van der Waals surface area contributed by atoms with Crippen LogP contribution in [-0.4, -0.2) is 37.4 Å². The lowest BCUT2D eigenvalue weighted by molar-refractivity contribution is -0.146. The van der Waals surface area contributed by atoms with E-state index in [1.54, 1.807) is 0 Å². The van der Waals surface area contributed by atoms with E-state index >= 15 is 0 Å². The van der Waals surface area contributed by atoms with Gasteiger partial charge in [0.25, 0.3) is 0 Å². The Kier molecular flexibility index (Phi) is 3.88. The molecule has 80 valence electrons. The van der Waals surface area contributed by atoms with E-state index in [0.717, 1.165) is 0 Å². The minimum Gasteiger partial charge on any atom is -0.463 e. The summed E-state index contributed by atoms with van der Waals surface area (Å²) in [5.41, 5.74) is 0. The molecule has 1 heterocycles. The molecule has 2 unspecified atom stereocenters. The van der Waals surface area contributed by atoms with Crippen molar-refractivity contribution >= 4 is 11.9 Å². The zero-order chi connectivity index (χ0) is 10.6. The van der Waals surface area contributed by atoms with Crippen molar-refractivity contribution in [3.05, 3.63) is 0 Å². The van der Waals surface area contributed by atoms with Crippen molar-refractivity contribution in [2.75, 3.05) is 13.2 Å². The fourth-order valence-electron chi connectivity index (χ4n) is 1.32. The van der Waals surface area contributed by atoms with Crippen molar-refractivity contribution in [2.24, 2.45) is 0 Å². The molecule has 5 heteroatoms. The molecule has 0 aromatic heterocycles. The smallest absolute Gasteiger partial charge is 0.302 e. The molecule has 1 fully saturated rings. The average Bonchev–Trinajstić information content (AvgIpc) is 2.47. The molecule has 5 nitrogen and oxygen atoms in total. The molecule has 0 bridgehead atoms. The first kappa shape index (κ1) is 11.0. The Labute approximate surface area is 82.3 Å². The molecular weight excluding hydrogens is 188 g/mol. The van der Waals surface area contributed by atoms with Crippen LogP contribution < -0.4 is 0 Å². The molecule has 0 radical (unpaired) electrons. The Hall–Kier alpha value is -1.10. The Bertz CT molecular complexity index is 225. The van der Waals surface area contributed by atoms with Gasteiger partial charge in [-0.25, -0.2) is 0 Å². The molecule has 0 saturated carbocycles. The molecular formula is C9H14O5. The van der Waals surface area contributed by atoms with Gasteiger partial charge < -0.3 is 14.2 Å². The predicted octanol–water partition coefficient (Wildman–Crippen LogP) is 0.270. The molecule has 0 amide bonds. The minimum absolute atomic E-state index is 0.150. The van der Waals surface area contributed by atoms with Gasteiger partial charge in [0.15, 0.2) is 0 Å². The molecule has 1 rings (SSSR count). The van der Waals surface area contributed by atoms with Crippen LogP contribution in [0, 0.1) is 0 Å². The lowest BCUT2D eigenvalue weighted by atomic mass is 10.2. The Morgan fingerprint density at radius 1 is 1.36 bits per heavy atom. The van der Waals surface area contributed by atoms with E-state index in [1.807, 2.05) is 0 Å². The number of hydrogen-bond acceptors (Lipinski definition) is 5. The van der Waals surface area contributed by atoms with Gasteiger partial charge in [0, 0.05) is 20.3 Å². The average molecular weight is 202 g/mol. The second kappa shape index (κ2) is 4.95. The normalized spacial score (nSPS) is 25.9. The van der Waals surface area contributed by atoms with Gasteiger partial charge in [-0.1, -0.05) is 0 Å². The van der Waals surface area contributed by atoms with Crippen LogP contribution in [0.5, 0.6) is 0 Å². The first-order valence-corrected chi connectivity index (χ1v) is 4.50. The third-order valence-electron chi connectivity index (χ3n) is 1.85. The Balaban J connectivity index is 2.20. The van der Waals surface area contributed by atoms with Crippen molar-refractivity contribution in [3.63, 3.8) is 0 Å². The van der Waals surface area contributed by atoms with Crippen LogP contribution in [0.1, 0.15) is 20.3 Å². The van der Waals surface area contributed by atoms with Gasteiger partial charge in [0.05, 0.1) is 12.7 Å². The van der Waals surface area contributed by atoms with Gasteiger partial charge in [-0.05, 0) is 0 Å². The van der Waals surface area contributed by atoms with E-state index in [1.165, 1.54) is 13.8 Å². The summed E-state index contributed by atoms with van der Waals surface area (Å²) in [5.74, 6) is -0.642. The van der Waals surface area contributed by atoms with Crippen LogP contribution in [0.3, 0.4) is 0 Å². The van der Waals surface area contributed by atoms with Crippen molar-refractivity contribution < 1.29 is 23.8 Å². The third-order valence-corrected chi connectivity index (χ3v) is 1.85. The highest BCUT2D eigenvalue weighted by molar-refractivity contribution is 5.66. The molecule has 0 aromatic rings. The summed E-state index contributed by atoms with van der Waals surface area (Å²) in [6.45, 7) is 3.32. The number of ether oxygens (including phenoxy) is 3. The van der Waals surface area contributed by atoms with Crippen LogP contribution in [0.4, 0.5) is 0 Å². The lowest BCUT2D eigenvalue weighted by Crippen LogP contribution is -2.18. The second-order valence-electron chi connectivity index (χ2n) is 3.23. The van der Waals surface area contributed by atoms with Gasteiger partial charge in [-0.3, -0.25) is 9.59 Å².